The number of nitrogens with one attached hydrogen (secondary N) is 2. The van der Waals surface area contributed by atoms with E-state index in [0.29, 0.717) is 24.4 Å². The minimum atomic E-state index is -0.207. The molecule has 1 aromatic carbocycles. The molecule has 1 aromatic rings. The molecule has 0 heterocycles. The van der Waals surface area contributed by atoms with Crippen LogP contribution in [0.1, 0.15) is 17.3 Å². The second-order valence-corrected chi connectivity index (χ2v) is 3.85. The predicted molar refractivity (Wildman–Crippen MR) is 71.0 cm³/mol. The molecule has 0 unspecified atom stereocenters. The molecule has 0 atom stereocenters. The van der Waals surface area contributed by atoms with Gasteiger partial charge in [-0.2, -0.15) is 0 Å². The van der Waals surface area contributed by atoms with Gasteiger partial charge in [0.15, 0.2) is 0 Å². The number of rotatable bonds is 7. The first-order chi connectivity index (χ1) is 9.13. The molecule has 0 radical (unpaired) electrons. The van der Waals surface area contributed by atoms with Crippen molar-refractivity contribution in [3.05, 3.63) is 29.8 Å². The van der Waals surface area contributed by atoms with Crippen molar-refractivity contribution in [2.45, 2.75) is 6.92 Å². The maximum Gasteiger partial charge on any atom is 0.251 e. The van der Waals surface area contributed by atoms with Gasteiger partial charge in [0, 0.05) is 24.7 Å². The van der Waals surface area contributed by atoms with Crippen molar-refractivity contribution in [2.75, 3.05) is 31.7 Å². The molecule has 0 aliphatic rings. The number of amides is 2. The summed E-state index contributed by atoms with van der Waals surface area (Å²) >= 11 is 0. The van der Waals surface area contributed by atoms with Gasteiger partial charge >= 0.3 is 0 Å². The molecule has 0 aliphatic carbocycles. The Morgan fingerprint density at radius 3 is 2.47 bits per heavy atom. The Kier molecular flexibility index (Phi) is 6.56. The van der Waals surface area contributed by atoms with Crippen LogP contribution in [0.25, 0.3) is 0 Å². The lowest BCUT2D eigenvalue weighted by atomic mass is 10.2. The van der Waals surface area contributed by atoms with Crippen molar-refractivity contribution < 1.29 is 19.4 Å². The Morgan fingerprint density at radius 1 is 1.21 bits per heavy atom. The molecule has 0 spiro atoms. The highest BCUT2D eigenvalue weighted by Gasteiger charge is 2.04. The van der Waals surface area contributed by atoms with Crippen molar-refractivity contribution in [2.24, 2.45) is 0 Å². The van der Waals surface area contributed by atoms with Gasteiger partial charge < -0.3 is 20.5 Å². The van der Waals surface area contributed by atoms with Gasteiger partial charge in [-0.15, -0.1) is 0 Å². The lowest BCUT2D eigenvalue weighted by molar-refractivity contribution is -0.114. The SMILES string of the molecule is CC(=O)Nc1ccc(C(=O)NCCOCCO)cc1. The average Bonchev–Trinajstić information content (AvgIpc) is 2.38. The summed E-state index contributed by atoms with van der Waals surface area (Å²) in [5, 5.41) is 13.8. The Morgan fingerprint density at radius 2 is 1.89 bits per heavy atom. The van der Waals surface area contributed by atoms with Crippen LogP contribution in [0.15, 0.2) is 24.3 Å². The van der Waals surface area contributed by atoms with E-state index in [-0.39, 0.29) is 25.0 Å². The number of ether oxygens (including phenoxy) is 1. The van der Waals surface area contributed by atoms with Crippen LogP contribution in [0.3, 0.4) is 0 Å². The van der Waals surface area contributed by atoms with E-state index in [1.165, 1.54) is 6.92 Å². The Labute approximate surface area is 111 Å². The normalized spacial score (nSPS) is 10.0. The lowest BCUT2D eigenvalue weighted by Gasteiger charge is -2.07. The van der Waals surface area contributed by atoms with Crippen LogP contribution < -0.4 is 10.6 Å². The topological polar surface area (TPSA) is 87.7 Å². The third-order valence-corrected chi connectivity index (χ3v) is 2.24. The summed E-state index contributed by atoms with van der Waals surface area (Å²) in [5.41, 5.74) is 1.16. The molecule has 2 amide bonds. The smallest absolute Gasteiger partial charge is 0.251 e. The number of anilines is 1. The third-order valence-electron chi connectivity index (χ3n) is 2.24. The first kappa shape index (κ1) is 15.1. The molecule has 0 aliphatic heterocycles. The fraction of sp³-hybridized carbons (Fsp3) is 0.385. The summed E-state index contributed by atoms with van der Waals surface area (Å²) in [7, 11) is 0. The number of aliphatic hydroxyl groups is 1. The molecule has 1 rings (SSSR count). The van der Waals surface area contributed by atoms with Gasteiger partial charge in [0.25, 0.3) is 5.91 Å². The summed E-state index contributed by atoms with van der Waals surface area (Å²) < 4.78 is 5.02. The van der Waals surface area contributed by atoms with Gasteiger partial charge in [0.1, 0.15) is 0 Å². The molecular formula is C13H18N2O4. The number of benzene rings is 1. The van der Waals surface area contributed by atoms with E-state index in [2.05, 4.69) is 10.6 Å². The summed E-state index contributed by atoms with van der Waals surface area (Å²) in [6, 6.07) is 6.60. The Hall–Kier alpha value is -1.92. The largest absolute Gasteiger partial charge is 0.394 e. The minimum absolute atomic E-state index is 0.0292. The maximum absolute atomic E-state index is 11.7. The van der Waals surface area contributed by atoms with Crippen LogP contribution in [0, 0.1) is 0 Å². The van der Waals surface area contributed by atoms with E-state index < -0.39 is 0 Å². The molecule has 0 bridgehead atoms. The lowest BCUT2D eigenvalue weighted by Crippen LogP contribution is -2.27. The second-order valence-electron chi connectivity index (χ2n) is 3.85. The van der Waals surface area contributed by atoms with E-state index in [1.54, 1.807) is 24.3 Å². The zero-order valence-corrected chi connectivity index (χ0v) is 10.8. The van der Waals surface area contributed by atoms with Crippen LogP contribution >= 0.6 is 0 Å². The van der Waals surface area contributed by atoms with Gasteiger partial charge in [-0.05, 0) is 24.3 Å². The predicted octanol–water partition coefficient (Wildman–Crippen LogP) is 0.384. The number of hydrogen-bond donors (Lipinski definition) is 3. The fourth-order valence-corrected chi connectivity index (χ4v) is 1.41. The molecule has 0 saturated heterocycles. The standard InChI is InChI=1S/C13H18N2O4/c1-10(17)15-12-4-2-11(3-5-12)13(18)14-6-8-19-9-7-16/h2-5,16H,6-9H2,1H3,(H,14,18)(H,15,17). The summed E-state index contributed by atoms with van der Waals surface area (Å²) in [6.45, 7) is 2.40. The van der Waals surface area contributed by atoms with E-state index in [1.807, 2.05) is 0 Å². The average molecular weight is 266 g/mol. The molecule has 19 heavy (non-hydrogen) atoms. The first-order valence-electron chi connectivity index (χ1n) is 5.98. The Balaban J connectivity index is 2.38. The number of carbonyl (C=O) groups is 2. The molecule has 104 valence electrons. The molecule has 0 aromatic heterocycles. The van der Waals surface area contributed by atoms with Gasteiger partial charge in [-0.3, -0.25) is 9.59 Å². The molecular weight excluding hydrogens is 248 g/mol. The quantitative estimate of drug-likeness (QED) is 0.623. The van der Waals surface area contributed by atoms with Crippen molar-refractivity contribution in [3.8, 4) is 0 Å². The van der Waals surface area contributed by atoms with Crippen LogP contribution in [-0.2, 0) is 9.53 Å². The third kappa shape index (κ3) is 5.98. The number of aliphatic hydroxyl groups excluding tert-OH is 1. The van der Waals surface area contributed by atoms with Gasteiger partial charge in [0.05, 0.1) is 19.8 Å². The van der Waals surface area contributed by atoms with Crippen molar-refractivity contribution in [3.63, 3.8) is 0 Å². The molecule has 0 fully saturated rings. The summed E-state index contributed by atoms with van der Waals surface area (Å²) in [4.78, 5) is 22.5. The van der Waals surface area contributed by atoms with E-state index in [0.717, 1.165) is 0 Å². The zero-order chi connectivity index (χ0) is 14.1. The number of hydrogen-bond acceptors (Lipinski definition) is 4. The molecule has 6 heteroatoms. The van der Waals surface area contributed by atoms with Gasteiger partial charge in [-0.25, -0.2) is 0 Å². The van der Waals surface area contributed by atoms with E-state index in [4.69, 9.17) is 9.84 Å². The van der Waals surface area contributed by atoms with Crippen LogP contribution in [0.5, 0.6) is 0 Å². The van der Waals surface area contributed by atoms with Crippen LogP contribution in [-0.4, -0.2) is 43.3 Å². The highest BCUT2D eigenvalue weighted by Crippen LogP contribution is 2.09. The van der Waals surface area contributed by atoms with Crippen molar-refractivity contribution in [1.82, 2.24) is 5.32 Å². The highest BCUT2D eigenvalue weighted by molar-refractivity contribution is 5.95. The van der Waals surface area contributed by atoms with Gasteiger partial charge in [0.2, 0.25) is 5.91 Å². The van der Waals surface area contributed by atoms with Crippen LogP contribution in [0.2, 0.25) is 0 Å². The van der Waals surface area contributed by atoms with Crippen molar-refractivity contribution in [1.29, 1.82) is 0 Å². The molecule has 3 N–H and O–H groups in total. The minimum Gasteiger partial charge on any atom is -0.394 e. The van der Waals surface area contributed by atoms with E-state index in [9.17, 15) is 9.59 Å². The summed E-state index contributed by atoms with van der Waals surface area (Å²) in [5.74, 6) is -0.361. The zero-order valence-electron chi connectivity index (χ0n) is 10.8. The molecule has 6 nitrogen and oxygen atoms in total. The fourth-order valence-electron chi connectivity index (χ4n) is 1.41. The van der Waals surface area contributed by atoms with Crippen LogP contribution in [0.4, 0.5) is 5.69 Å². The maximum atomic E-state index is 11.7. The number of carbonyl (C=O) groups excluding carboxylic acids is 2. The summed E-state index contributed by atoms with van der Waals surface area (Å²) in [6.07, 6.45) is 0. The monoisotopic (exact) mass is 266 g/mol. The molecule has 0 saturated carbocycles. The highest BCUT2D eigenvalue weighted by atomic mass is 16.5. The second kappa shape index (κ2) is 8.23. The Bertz CT molecular complexity index is 417. The van der Waals surface area contributed by atoms with E-state index >= 15 is 0 Å². The van der Waals surface area contributed by atoms with Gasteiger partial charge in [-0.1, -0.05) is 0 Å². The van der Waals surface area contributed by atoms with Crippen molar-refractivity contribution >= 4 is 17.5 Å². The first-order valence-corrected chi connectivity index (χ1v) is 5.98.